The summed E-state index contributed by atoms with van der Waals surface area (Å²) in [7, 11) is 0. The number of para-hydroxylation sites is 3. The second-order valence-electron chi connectivity index (χ2n) is 5.86. The number of hydrogen-bond donors (Lipinski definition) is 0. The first-order valence-corrected chi connectivity index (χ1v) is 10.1. The molecule has 0 saturated carbocycles. The van der Waals surface area contributed by atoms with Crippen LogP contribution in [0.2, 0.25) is 0 Å². The third kappa shape index (κ3) is 3.50. The number of nitrogens with zero attached hydrogens (tertiary/aromatic N) is 1. The molecule has 0 aromatic heterocycles. The summed E-state index contributed by atoms with van der Waals surface area (Å²) in [4.78, 5) is 14.5. The number of anilines is 1. The van der Waals surface area contributed by atoms with Gasteiger partial charge in [0.25, 0.3) is 0 Å². The second kappa shape index (κ2) is 7.56. The summed E-state index contributed by atoms with van der Waals surface area (Å²) in [6, 6.07) is 25.4. The third-order valence-electron chi connectivity index (χ3n) is 4.10. The molecule has 1 aliphatic rings. The van der Waals surface area contributed by atoms with Crippen molar-refractivity contribution in [2.24, 2.45) is 0 Å². The largest absolute Gasteiger partial charge is 0.455 e. The molecule has 4 rings (SSSR count). The normalized spacial score (nSPS) is 16.7. The maximum absolute atomic E-state index is 12.7. The highest BCUT2D eigenvalue weighted by Crippen LogP contribution is 2.45. The van der Waals surface area contributed by atoms with Gasteiger partial charge in [0, 0.05) is 4.47 Å². The lowest BCUT2D eigenvalue weighted by Crippen LogP contribution is -2.28. The molecule has 1 atom stereocenters. The van der Waals surface area contributed by atoms with E-state index in [-0.39, 0.29) is 11.3 Å². The molecular weight excluding hydrogens is 410 g/mol. The van der Waals surface area contributed by atoms with E-state index in [0.29, 0.717) is 11.5 Å². The fraction of sp³-hybridized carbons (Fsp3) is 0.0952. The molecule has 3 aromatic carbocycles. The van der Waals surface area contributed by atoms with Gasteiger partial charge in [-0.3, -0.25) is 9.69 Å². The summed E-state index contributed by atoms with van der Waals surface area (Å²) in [5, 5.41) is -0.0690. The van der Waals surface area contributed by atoms with Crippen molar-refractivity contribution in [1.29, 1.82) is 0 Å². The Morgan fingerprint density at radius 3 is 2.54 bits per heavy atom. The van der Waals surface area contributed by atoms with E-state index < -0.39 is 0 Å². The smallest absolute Gasteiger partial charge is 0.238 e. The summed E-state index contributed by atoms with van der Waals surface area (Å²) in [6.45, 7) is 0. The number of amides is 1. The summed E-state index contributed by atoms with van der Waals surface area (Å²) in [6.07, 6.45) is 0. The van der Waals surface area contributed by atoms with Gasteiger partial charge in [0.15, 0.2) is 5.75 Å². The van der Waals surface area contributed by atoms with Crippen molar-refractivity contribution in [3.05, 3.63) is 88.9 Å². The van der Waals surface area contributed by atoms with E-state index in [4.69, 9.17) is 4.74 Å². The predicted octanol–water partition coefficient (Wildman–Crippen LogP) is 6.02. The number of benzene rings is 3. The Bertz CT molecular complexity index is 932. The molecule has 1 aliphatic heterocycles. The Labute approximate surface area is 165 Å². The van der Waals surface area contributed by atoms with Crippen LogP contribution in [0.1, 0.15) is 10.9 Å². The van der Waals surface area contributed by atoms with Crippen LogP contribution in [0.3, 0.4) is 0 Å². The van der Waals surface area contributed by atoms with Gasteiger partial charge < -0.3 is 4.74 Å². The lowest BCUT2D eigenvalue weighted by molar-refractivity contribution is -0.115. The molecule has 3 nitrogen and oxygen atoms in total. The molecule has 0 unspecified atom stereocenters. The molecule has 0 bridgehead atoms. The highest BCUT2D eigenvalue weighted by Gasteiger charge is 2.35. The topological polar surface area (TPSA) is 29.5 Å². The molecule has 0 spiro atoms. The van der Waals surface area contributed by atoms with Gasteiger partial charge in [0.1, 0.15) is 11.1 Å². The quantitative estimate of drug-likeness (QED) is 0.511. The summed E-state index contributed by atoms with van der Waals surface area (Å²) in [5.74, 6) is 1.97. The first-order chi connectivity index (χ1) is 12.7. The lowest BCUT2D eigenvalue weighted by atomic mass is 10.2. The summed E-state index contributed by atoms with van der Waals surface area (Å²) < 4.78 is 7.07. The van der Waals surface area contributed by atoms with Gasteiger partial charge >= 0.3 is 0 Å². The zero-order valence-corrected chi connectivity index (χ0v) is 16.2. The number of hydrogen-bond acceptors (Lipinski definition) is 3. The summed E-state index contributed by atoms with van der Waals surface area (Å²) >= 11 is 5.15. The van der Waals surface area contributed by atoms with Crippen molar-refractivity contribution in [2.75, 3.05) is 10.7 Å². The molecule has 130 valence electrons. The van der Waals surface area contributed by atoms with Crippen LogP contribution in [0.25, 0.3) is 0 Å². The first-order valence-electron chi connectivity index (χ1n) is 8.23. The molecule has 0 aliphatic carbocycles. The van der Waals surface area contributed by atoms with Crippen LogP contribution in [0, 0.1) is 0 Å². The van der Waals surface area contributed by atoms with Crippen LogP contribution >= 0.6 is 27.7 Å². The molecule has 3 aromatic rings. The highest BCUT2D eigenvalue weighted by molar-refractivity contribution is 9.10. The number of rotatable bonds is 4. The fourth-order valence-corrected chi connectivity index (χ4v) is 4.52. The Morgan fingerprint density at radius 1 is 0.962 bits per heavy atom. The van der Waals surface area contributed by atoms with Crippen LogP contribution in [0.4, 0.5) is 5.69 Å². The Morgan fingerprint density at radius 2 is 1.73 bits per heavy atom. The lowest BCUT2D eigenvalue weighted by Gasteiger charge is -2.26. The number of halogens is 1. The number of carbonyl (C=O) groups excluding carboxylic acids is 1. The standard InChI is InChI=1S/C21H16BrNO2S/c22-16-8-6-7-15(13-16)21-23(20(24)14-26-21)18-11-4-5-12-19(18)25-17-9-2-1-3-10-17/h1-13,21H,14H2/t21-/m1/s1. The molecule has 0 radical (unpaired) electrons. The van der Waals surface area contributed by atoms with Crippen LogP contribution in [-0.4, -0.2) is 11.7 Å². The van der Waals surface area contributed by atoms with E-state index in [0.717, 1.165) is 21.5 Å². The van der Waals surface area contributed by atoms with Gasteiger partial charge in [-0.2, -0.15) is 0 Å². The van der Waals surface area contributed by atoms with Crippen LogP contribution in [0.15, 0.2) is 83.3 Å². The Kier molecular flexibility index (Phi) is 5.00. The van der Waals surface area contributed by atoms with E-state index in [1.807, 2.05) is 71.6 Å². The fourth-order valence-electron chi connectivity index (χ4n) is 2.95. The van der Waals surface area contributed by atoms with Crippen molar-refractivity contribution in [1.82, 2.24) is 0 Å². The van der Waals surface area contributed by atoms with Crippen molar-refractivity contribution in [3.63, 3.8) is 0 Å². The zero-order chi connectivity index (χ0) is 17.9. The number of thioether (sulfide) groups is 1. The zero-order valence-electron chi connectivity index (χ0n) is 13.8. The van der Waals surface area contributed by atoms with Gasteiger partial charge in [-0.15, -0.1) is 11.8 Å². The minimum absolute atomic E-state index is 0.0690. The number of ether oxygens (including phenoxy) is 1. The monoisotopic (exact) mass is 425 g/mol. The molecular formula is C21H16BrNO2S. The maximum Gasteiger partial charge on any atom is 0.238 e. The Hall–Kier alpha value is -2.24. The van der Waals surface area contributed by atoms with Crippen molar-refractivity contribution in [2.45, 2.75) is 5.37 Å². The van der Waals surface area contributed by atoms with Gasteiger partial charge in [-0.1, -0.05) is 58.4 Å². The third-order valence-corrected chi connectivity index (χ3v) is 5.80. The summed E-state index contributed by atoms with van der Waals surface area (Å²) in [5.41, 5.74) is 1.88. The first kappa shape index (κ1) is 17.2. The van der Waals surface area contributed by atoms with Crippen molar-refractivity contribution >= 4 is 39.3 Å². The number of carbonyl (C=O) groups is 1. The molecule has 1 saturated heterocycles. The second-order valence-corrected chi connectivity index (χ2v) is 7.85. The molecule has 5 heteroatoms. The molecule has 1 fully saturated rings. The van der Waals surface area contributed by atoms with E-state index in [1.165, 1.54) is 0 Å². The minimum atomic E-state index is -0.0690. The highest BCUT2D eigenvalue weighted by atomic mass is 79.9. The molecule has 1 heterocycles. The molecule has 0 N–H and O–H groups in total. The maximum atomic E-state index is 12.7. The van der Waals surface area contributed by atoms with Crippen LogP contribution < -0.4 is 9.64 Å². The van der Waals surface area contributed by atoms with Gasteiger partial charge in [-0.25, -0.2) is 0 Å². The van der Waals surface area contributed by atoms with Gasteiger partial charge in [0.05, 0.1) is 11.4 Å². The van der Waals surface area contributed by atoms with E-state index >= 15 is 0 Å². The molecule has 26 heavy (non-hydrogen) atoms. The van der Waals surface area contributed by atoms with Crippen LogP contribution in [0.5, 0.6) is 11.5 Å². The van der Waals surface area contributed by atoms with Crippen molar-refractivity contribution < 1.29 is 9.53 Å². The average molecular weight is 426 g/mol. The minimum Gasteiger partial charge on any atom is -0.455 e. The average Bonchev–Trinajstić information content (AvgIpc) is 3.04. The van der Waals surface area contributed by atoms with Gasteiger partial charge in [-0.05, 0) is 42.0 Å². The van der Waals surface area contributed by atoms with E-state index in [1.54, 1.807) is 11.8 Å². The van der Waals surface area contributed by atoms with Crippen LogP contribution in [-0.2, 0) is 4.79 Å². The van der Waals surface area contributed by atoms with E-state index in [2.05, 4.69) is 28.1 Å². The molecule has 1 amide bonds. The van der Waals surface area contributed by atoms with Crippen molar-refractivity contribution in [3.8, 4) is 11.5 Å². The van der Waals surface area contributed by atoms with Gasteiger partial charge in [0.2, 0.25) is 5.91 Å². The SMILES string of the molecule is O=C1CS[C@H](c2cccc(Br)c2)N1c1ccccc1Oc1ccccc1. The van der Waals surface area contributed by atoms with E-state index in [9.17, 15) is 4.79 Å². The Balaban J connectivity index is 1.72. The predicted molar refractivity (Wildman–Crippen MR) is 110 cm³/mol.